The molecule has 1 fully saturated rings. The van der Waals surface area contributed by atoms with E-state index in [1.807, 2.05) is 20.8 Å². The number of ether oxygens (including phenoxy) is 2. The van der Waals surface area contributed by atoms with Crippen molar-refractivity contribution in [2.75, 3.05) is 13.7 Å². The first-order chi connectivity index (χ1) is 9.82. The van der Waals surface area contributed by atoms with Gasteiger partial charge in [0.1, 0.15) is 6.10 Å². The van der Waals surface area contributed by atoms with Crippen molar-refractivity contribution in [2.24, 2.45) is 5.41 Å². The lowest BCUT2D eigenvalue weighted by Crippen LogP contribution is -2.39. The van der Waals surface area contributed by atoms with Crippen LogP contribution in [0.3, 0.4) is 0 Å². The molecular weight excluding hydrogens is 292 g/mol. The molecule has 0 aromatic heterocycles. The molecule has 5 nitrogen and oxygen atoms in total. The van der Waals surface area contributed by atoms with Gasteiger partial charge in [0.15, 0.2) is 6.29 Å². The van der Waals surface area contributed by atoms with Crippen LogP contribution in [0.5, 0.6) is 0 Å². The molecule has 1 aromatic rings. The quantitative estimate of drug-likeness (QED) is 0.781. The van der Waals surface area contributed by atoms with Gasteiger partial charge >= 0.3 is 0 Å². The molecule has 1 aliphatic heterocycles. The van der Waals surface area contributed by atoms with E-state index in [-0.39, 0.29) is 4.90 Å². The third-order valence-corrected chi connectivity index (χ3v) is 5.40. The average molecular weight is 314 g/mol. The van der Waals surface area contributed by atoms with Crippen LogP contribution in [0.25, 0.3) is 0 Å². The lowest BCUT2D eigenvalue weighted by molar-refractivity contribution is -0.127. The van der Waals surface area contributed by atoms with Gasteiger partial charge in [-0.1, -0.05) is 31.5 Å². The summed E-state index contributed by atoms with van der Waals surface area (Å²) in [6.45, 7) is 6.24. The van der Waals surface area contributed by atoms with Crippen molar-refractivity contribution in [1.82, 2.24) is 0 Å². The highest BCUT2D eigenvalue weighted by molar-refractivity contribution is 7.86. The molecule has 21 heavy (non-hydrogen) atoms. The molecule has 1 heterocycles. The minimum Gasteiger partial charge on any atom is -0.353 e. The van der Waals surface area contributed by atoms with Crippen molar-refractivity contribution in [2.45, 2.75) is 44.5 Å². The Kier molecular flexibility index (Phi) is 4.72. The molecule has 0 aliphatic carbocycles. The second-order valence-electron chi connectivity index (χ2n) is 5.71. The van der Waals surface area contributed by atoms with E-state index in [9.17, 15) is 8.42 Å². The number of aryl methyl sites for hydroxylation is 1. The summed E-state index contributed by atoms with van der Waals surface area (Å²) < 4.78 is 41.0. The first kappa shape index (κ1) is 16.4. The monoisotopic (exact) mass is 314 g/mol. The second-order valence-corrected chi connectivity index (χ2v) is 7.28. The van der Waals surface area contributed by atoms with Crippen LogP contribution in [0.4, 0.5) is 0 Å². The molecule has 0 bridgehead atoms. The van der Waals surface area contributed by atoms with Gasteiger partial charge in [-0.25, -0.2) is 0 Å². The number of hydrogen-bond donors (Lipinski definition) is 0. The van der Waals surface area contributed by atoms with Gasteiger partial charge in [-0.05, 0) is 25.5 Å². The van der Waals surface area contributed by atoms with E-state index in [2.05, 4.69) is 0 Å². The lowest BCUT2D eigenvalue weighted by Gasteiger charge is -2.29. The van der Waals surface area contributed by atoms with Gasteiger partial charge in [0, 0.05) is 12.5 Å². The summed E-state index contributed by atoms with van der Waals surface area (Å²) in [5, 5.41) is 0. The maximum atomic E-state index is 12.4. The van der Waals surface area contributed by atoms with Crippen LogP contribution in [0.15, 0.2) is 29.2 Å². The molecule has 0 unspecified atom stereocenters. The fraction of sp³-hybridized carbons (Fsp3) is 0.600. The maximum absolute atomic E-state index is 12.4. The molecule has 0 radical (unpaired) electrons. The Labute approximate surface area is 126 Å². The van der Waals surface area contributed by atoms with E-state index < -0.39 is 27.9 Å². The SMILES string of the molecule is CC[C@]1(C)CO[C@H](OC)[C@H]1OS(=O)(=O)c1ccc(C)cc1. The summed E-state index contributed by atoms with van der Waals surface area (Å²) in [5.41, 5.74) is 0.602. The topological polar surface area (TPSA) is 61.8 Å². The lowest BCUT2D eigenvalue weighted by atomic mass is 9.84. The number of benzene rings is 1. The molecule has 118 valence electrons. The first-order valence-corrected chi connectivity index (χ1v) is 8.37. The van der Waals surface area contributed by atoms with Gasteiger partial charge in [0.05, 0.1) is 11.5 Å². The highest BCUT2D eigenvalue weighted by Crippen LogP contribution is 2.39. The van der Waals surface area contributed by atoms with Crippen LogP contribution in [0.1, 0.15) is 25.8 Å². The van der Waals surface area contributed by atoms with Crippen LogP contribution in [-0.2, 0) is 23.8 Å². The highest BCUT2D eigenvalue weighted by Gasteiger charge is 2.49. The zero-order chi connectivity index (χ0) is 15.7. The van der Waals surface area contributed by atoms with Gasteiger partial charge in [-0.2, -0.15) is 8.42 Å². The number of methoxy groups -OCH3 is 1. The van der Waals surface area contributed by atoms with Crippen LogP contribution in [0, 0.1) is 12.3 Å². The van der Waals surface area contributed by atoms with Crippen molar-refractivity contribution >= 4 is 10.1 Å². The zero-order valence-electron chi connectivity index (χ0n) is 12.8. The summed E-state index contributed by atoms with van der Waals surface area (Å²) in [6.07, 6.45) is -0.588. The predicted octanol–water partition coefficient (Wildman–Crippen LogP) is 2.49. The van der Waals surface area contributed by atoms with Crippen molar-refractivity contribution in [3.63, 3.8) is 0 Å². The minimum atomic E-state index is -3.84. The Morgan fingerprint density at radius 3 is 2.48 bits per heavy atom. The third kappa shape index (κ3) is 3.29. The molecule has 1 aromatic carbocycles. The largest absolute Gasteiger partial charge is 0.353 e. The second kappa shape index (κ2) is 6.04. The van der Waals surface area contributed by atoms with E-state index in [1.54, 1.807) is 24.3 Å². The van der Waals surface area contributed by atoms with E-state index in [4.69, 9.17) is 13.7 Å². The van der Waals surface area contributed by atoms with E-state index >= 15 is 0 Å². The summed E-state index contributed by atoms with van der Waals surface area (Å²) in [7, 11) is -2.36. The summed E-state index contributed by atoms with van der Waals surface area (Å²) in [5.74, 6) is 0. The number of hydrogen-bond acceptors (Lipinski definition) is 5. The Bertz CT molecular complexity index is 581. The average Bonchev–Trinajstić information content (AvgIpc) is 2.76. The van der Waals surface area contributed by atoms with Crippen molar-refractivity contribution in [1.29, 1.82) is 0 Å². The molecule has 0 N–H and O–H groups in total. The summed E-state index contributed by atoms with van der Waals surface area (Å²) in [6, 6.07) is 6.58. The molecule has 0 spiro atoms. The fourth-order valence-electron chi connectivity index (χ4n) is 2.32. The van der Waals surface area contributed by atoms with Gasteiger partial charge in [0.25, 0.3) is 10.1 Å². The van der Waals surface area contributed by atoms with E-state index in [1.165, 1.54) is 7.11 Å². The molecule has 0 amide bonds. The number of rotatable bonds is 5. The van der Waals surface area contributed by atoms with Gasteiger partial charge < -0.3 is 9.47 Å². The maximum Gasteiger partial charge on any atom is 0.297 e. The Balaban J connectivity index is 2.27. The smallest absolute Gasteiger partial charge is 0.297 e. The van der Waals surface area contributed by atoms with Crippen LogP contribution < -0.4 is 0 Å². The van der Waals surface area contributed by atoms with Gasteiger partial charge in [-0.3, -0.25) is 4.18 Å². The zero-order valence-corrected chi connectivity index (χ0v) is 13.6. The fourth-order valence-corrected chi connectivity index (χ4v) is 3.50. The van der Waals surface area contributed by atoms with Gasteiger partial charge in [-0.15, -0.1) is 0 Å². The Hall–Kier alpha value is -0.950. The van der Waals surface area contributed by atoms with Crippen molar-refractivity contribution in [3.05, 3.63) is 29.8 Å². The standard InChI is InChI=1S/C15H22O5S/c1-5-15(3)10-19-14(18-4)13(15)20-21(16,17)12-8-6-11(2)7-9-12/h6-9,13-14H,5,10H2,1-4H3/t13-,14+,15-/m1/s1. The van der Waals surface area contributed by atoms with Gasteiger partial charge in [0.2, 0.25) is 0 Å². The molecule has 0 saturated carbocycles. The third-order valence-electron chi connectivity index (χ3n) is 4.09. The Morgan fingerprint density at radius 2 is 1.95 bits per heavy atom. The van der Waals surface area contributed by atoms with E-state index in [0.717, 1.165) is 12.0 Å². The molecule has 6 heteroatoms. The highest BCUT2D eigenvalue weighted by atomic mass is 32.2. The summed E-state index contributed by atoms with van der Waals surface area (Å²) >= 11 is 0. The Morgan fingerprint density at radius 1 is 1.33 bits per heavy atom. The predicted molar refractivity (Wildman–Crippen MR) is 78.4 cm³/mol. The normalized spacial score (nSPS) is 29.7. The summed E-state index contributed by atoms with van der Waals surface area (Å²) in [4.78, 5) is 0.147. The first-order valence-electron chi connectivity index (χ1n) is 6.97. The molecule has 1 aliphatic rings. The minimum absolute atomic E-state index is 0.147. The van der Waals surface area contributed by atoms with Crippen LogP contribution in [0.2, 0.25) is 0 Å². The van der Waals surface area contributed by atoms with E-state index in [0.29, 0.717) is 6.61 Å². The molecule has 3 atom stereocenters. The van der Waals surface area contributed by atoms with Crippen molar-refractivity contribution < 1.29 is 22.1 Å². The van der Waals surface area contributed by atoms with Crippen molar-refractivity contribution in [3.8, 4) is 0 Å². The van der Waals surface area contributed by atoms with Crippen LogP contribution >= 0.6 is 0 Å². The molecule has 1 saturated heterocycles. The van der Waals surface area contributed by atoms with Crippen LogP contribution in [-0.4, -0.2) is 34.5 Å². The molecular formula is C15H22O5S. The molecule has 2 rings (SSSR count).